The predicted molar refractivity (Wildman–Crippen MR) is 73.3 cm³/mol. The molecule has 19 heavy (non-hydrogen) atoms. The van der Waals surface area contributed by atoms with Gasteiger partial charge in [-0.15, -0.1) is 0 Å². The van der Waals surface area contributed by atoms with E-state index >= 15 is 0 Å². The van der Waals surface area contributed by atoms with Crippen molar-refractivity contribution in [1.82, 2.24) is 9.29 Å². The van der Waals surface area contributed by atoms with Crippen LogP contribution in [0.4, 0.5) is 5.13 Å². The summed E-state index contributed by atoms with van der Waals surface area (Å²) in [6.07, 6.45) is 0. The molecule has 1 saturated heterocycles. The van der Waals surface area contributed by atoms with Crippen molar-refractivity contribution >= 4 is 36.3 Å². The second kappa shape index (κ2) is 4.69. The highest BCUT2D eigenvalue weighted by molar-refractivity contribution is 7.93. The molecule has 1 aromatic rings. The predicted octanol–water partition coefficient (Wildman–Crippen LogP) is -0.159. The summed E-state index contributed by atoms with van der Waals surface area (Å²) in [6, 6.07) is -0.577. The minimum atomic E-state index is -3.73. The van der Waals surface area contributed by atoms with Crippen LogP contribution in [0.25, 0.3) is 0 Å². The van der Waals surface area contributed by atoms with Crippen molar-refractivity contribution in [2.24, 2.45) is 0 Å². The third-order valence-electron chi connectivity index (χ3n) is 2.92. The molecule has 0 spiro atoms. The second-order valence-corrected chi connectivity index (χ2v) is 9.85. The van der Waals surface area contributed by atoms with E-state index in [0.717, 1.165) is 11.3 Å². The number of nitrogens with two attached hydrogens (primary N) is 1. The molecule has 2 heterocycles. The summed E-state index contributed by atoms with van der Waals surface area (Å²) in [5.74, 6) is -0.302. The van der Waals surface area contributed by atoms with E-state index in [4.69, 9.17) is 5.73 Å². The highest BCUT2D eigenvalue weighted by Crippen LogP contribution is 2.30. The molecule has 2 rings (SSSR count). The van der Waals surface area contributed by atoms with E-state index in [1.54, 1.807) is 13.8 Å². The Balaban J connectivity index is 2.39. The van der Waals surface area contributed by atoms with Crippen molar-refractivity contribution in [3.63, 3.8) is 0 Å². The molecule has 1 aliphatic rings. The lowest BCUT2D eigenvalue weighted by atomic mass is 10.4. The van der Waals surface area contributed by atoms with Gasteiger partial charge in [-0.2, -0.15) is 4.31 Å². The maximum Gasteiger partial charge on any atom is 0.254 e. The molecule has 1 aromatic heterocycles. The van der Waals surface area contributed by atoms with Crippen LogP contribution in [0.3, 0.4) is 0 Å². The van der Waals surface area contributed by atoms with Gasteiger partial charge in [0.05, 0.1) is 17.2 Å². The lowest BCUT2D eigenvalue weighted by Crippen LogP contribution is -2.49. The van der Waals surface area contributed by atoms with Crippen molar-refractivity contribution < 1.29 is 16.8 Å². The number of nitrogen functional groups attached to an aromatic ring is 1. The average molecular weight is 325 g/mol. The topological polar surface area (TPSA) is 110 Å². The summed E-state index contributed by atoms with van der Waals surface area (Å²) in [7, 11) is -6.88. The average Bonchev–Trinajstić information content (AvgIpc) is 2.56. The minimum absolute atomic E-state index is 0.0247. The Bertz CT molecular complexity index is 692. The number of sulfonamides is 1. The summed E-state index contributed by atoms with van der Waals surface area (Å²) >= 11 is 0.904. The number of thiazole rings is 1. The van der Waals surface area contributed by atoms with Gasteiger partial charge >= 0.3 is 0 Å². The fourth-order valence-electron chi connectivity index (χ4n) is 2.09. The van der Waals surface area contributed by atoms with E-state index < -0.39 is 25.9 Å². The molecule has 0 aromatic carbocycles. The number of hydrogen-bond donors (Lipinski definition) is 1. The fraction of sp³-hybridized carbons (Fsp3) is 0.667. The zero-order chi connectivity index (χ0) is 14.4. The Morgan fingerprint density at radius 3 is 2.58 bits per heavy atom. The minimum Gasteiger partial charge on any atom is -0.375 e. The van der Waals surface area contributed by atoms with Crippen LogP contribution in [0, 0.1) is 6.92 Å². The molecule has 0 bridgehead atoms. The summed E-state index contributed by atoms with van der Waals surface area (Å²) in [6.45, 7) is 3.14. The molecule has 0 aliphatic carbocycles. The van der Waals surface area contributed by atoms with Crippen molar-refractivity contribution in [3.05, 3.63) is 5.69 Å². The largest absolute Gasteiger partial charge is 0.375 e. The van der Waals surface area contributed by atoms with Gasteiger partial charge in [0.15, 0.2) is 19.2 Å². The summed E-state index contributed by atoms with van der Waals surface area (Å²) in [5, 5.41) is 0.188. The third-order valence-corrected chi connectivity index (χ3v) is 8.30. The standard InChI is InChI=1S/C9H15N3O4S3/c1-6-5-18(13,14)4-3-12(6)19(15,16)8-7(2)11-9(10)17-8/h6H,3-5H2,1-2H3,(H2,10,11). The molecule has 10 heteroatoms. The highest BCUT2D eigenvalue weighted by atomic mass is 32.2. The van der Waals surface area contributed by atoms with Crippen molar-refractivity contribution in [3.8, 4) is 0 Å². The molecule has 0 radical (unpaired) electrons. The summed E-state index contributed by atoms with van der Waals surface area (Å²) in [4.78, 5) is 3.90. The molecule has 0 saturated carbocycles. The number of sulfone groups is 1. The highest BCUT2D eigenvalue weighted by Gasteiger charge is 2.38. The molecular weight excluding hydrogens is 310 g/mol. The smallest absolute Gasteiger partial charge is 0.254 e. The Kier molecular flexibility index (Phi) is 3.62. The molecular formula is C9H15N3O4S3. The van der Waals surface area contributed by atoms with Crippen LogP contribution in [0.15, 0.2) is 4.21 Å². The van der Waals surface area contributed by atoms with Crippen LogP contribution in [0.2, 0.25) is 0 Å². The first kappa shape index (κ1) is 14.7. The third kappa shape index (κ3) is 2.76. The lowest BCUT2D eigenvalue weighted by molar-refractivity contribution is 0.357. The lowest BCUT2D eigenvalue weighted by Gasteiger charge is -2.31. The number of nitrogens with zero attached hydrogens (tertiary/aromatic N) is 2. The Hall–Kier alpha value is -0.710. The van der Waals surface area contributed by atoms with Crippen LogP contribution in [0.1, 0.15) is 12.6 Å². The number of aryl methyl sites for hydroxylation is 1. The summed E-state index contributed by atoms with van der Waals surface area (Å²) in [5.41, 5.74) is 5.86. The zero-order valence-electron chi connectivity index (χ0n) is 10.5. The normalized spacial score (nSPS) is 24.4. The monoisotopic (exact) mass is 325 g/mol. The van der Waals surface area contributed by atoms with Crippen LogP contribution in [-0.2, 0) is 19.9 Å². The maximum atomic E-state index is 12.5. The molecule has 1 unspecified atom stereocenters. The van der Waals surface area contributed by atoms with Gasteiger partial charge in [-0.3, -0.25) is 0 Å². The van der Waals surface area contributed by atoms with Crippen LogP contribution >= 0.6 is 11.3 Å². The Labute approximate surface area is 116 Å². The molecule has 1 atom stereocenters. The molecule has 108 valence electrons. The second-order valence-electron chi connectivity index (χ2n) is 4.50. The molecule has 7 nitrogen and oxygen atoms in total. The van der Waals surface area contributed by atoms with E-state index in [9.17, 15) is 16.8 Å². The van der Waals surface area contributed by atoms with Crippen molar-refractivity contribution in [2.45, 2.75) is 24.1 Å². The van der Waals surface area contributed by atoms with Gasteiger partial charge in [0, 0.05) is 12.6 Å². The number of anilines is 1. The first-order chi connectivity index (χ1) is 8.63. The van der Waals surface area contributed by atoms with Crippen LogP contribution < -0.4 is 5.73 Å². The van der Waals surface area contributed by atoms with Crippen LogP contribution in [-0.4, -0.2) is 50.2 Å². The van der Waals surface area contributed by atoms with E-state index in [0.29, 0.717) is 5.69 Å². The van der Waals surface area contributed by atoms with Gasteiger partial charge in [0.2, 0.25) is 0 Å². The quantitative estimate of drug-likeness (QED) is 0.809. The van der Waals surface area contributed by atoms with Crippen LogP contribution in [0.5, 0.6) is 0 Å². The summed E-state index contributed by atoms with van der Waals surface area (Å²) < 4.78 is 49.3. The Morgan fingerprint density at radius 1 is 1.47 bits per heavy atom. The van der Waals surface area contributed by atoms with Crippen molar-refractivity contribution in [1.29, 1.82) is 0 Å². The van der Waals surface area contributed by atoms with E-state index in [-0.39, 0.29) is 27.4 Å². The van der Waals surface area contributed by atoms with E-state index in [1.165, 1.54) is 4.31 Å². The number of hydrogen-bond acceptors (Lipinski definition) is 7. The van der Waals surface area contributed by atoms with Gasteiger partial charge in [-0.25, -0.2) is 21.8 Å². The zero-order valence-corrected chi connectivity index (χ0v) is 13.0. The fourth-order valence-corrected chi connectivity index (χ4v) is 6.90. The number of aromatic nitrogens is 1. The molecule has 1 aliphatic heterocycles. The number of rotatable bonds is 2. The van der Waals surface area contributed by atoms with E-state index in [1.807, 2.05) is 0 Å². The first-order valence-electron chi connectivity index (χ1n) is 5.58. The van der Waals surface area contributed by atoms with Gasteiger partial charge in [0.1, 0.15) is 0 Å². The van der Waals surface area contributed by atoms with E-state index in [2.05, 4.69) is 4.98 Å². The van der Waals surface area contributed by atoms with Crippen molar-refractivity contribution in [2.75, 3.05) is 23.8 Å². The van der Waals surface area contributed by atoms with Gasteiger partial charge < -0.3 is 5.73 Å². The maximum absolute atomic E-state index is 12.5. The Morgan fingerprint density at radius 2 is 2.11 bits per heavy atom. The molecule has 2 N–H and O–H groups in total. The van der Waals surface area contributed by atoms with Gasteiger partial charge in [-0.05, 0) is 13.8 Å². The SMILES string of the molecule is Cc1nc(N)sc1S(=O)(=O)N1CCS(=O)(=O)CC1C. The van der Waals surface area contributed by atoms with Gasteiger partial charge in [-0.1, -0.05) is 11.3 Å². The molecule has 0 amide bonds. The van der Waals surface area contributed by atoms with Gasteiger partial charge in [0.25, 0.3) is 10.0 Å². The molecule has 1 fully saturated rings. The first-order valence-corrected chi connectivity index (χ1v) is 9.66.